The van der Waals surface area contributed by atoms with E-state index in [0.29, 0.717) is 41.2 Å². The van der Waals surface area contributed by atoms with Crippen LogP contribution >= 0.6 is 23.2 Å². The maximum Gasteiger partial charge on any atom is 0.180 e. The first-order chi connectivity index (χ1) is 12.7. The third-order valence-electron chi connectivity index (χ3n) is 3.83. The normalized spacial score (nSPS) is 10.7. The molecule has 6 heteroatoms. The fraction of sp³-hybridized carbons (Fsp3) is 0.200. The SMILES string of the molecule is COc1cc(CNCc2ccco2)cc(Cl)c1OCc1ccccc1Cl. The molecular weight excluding hydrogens is 373 g/mol. The van der Waals surface area contributed by atoms with Gasteiger partial charge in [0.2, 0.25) is 0 Å². The van der Waals surface area contributed by atoms with Gasteiger partial charge in [0.1, 0.15) is 12.4 Å². The van der Waals surface area contributed by atoms with Crippen molar-refractivity contribution in [2.45, 2.75) is 19.7 Å². The number of ether oxygens (including phenoxy) is 2. The lowest BCUT2D eigenvalue weighted by Gasteiger charge is -2.15. The molecule has 0 aliphatic rings. The molecule has 4 nitrogen and oxygen atoms in total. The Labute approximate surface area is 162 Å². The van der Waals surface area contributed by atoms with Gasteiger partial charge in [0.15, 0.2) is 11.5 Å². The van der Waals surface area contributed by atoms with Crippen LogP contribution in [0.4, 0.5) is 0 Å². The molecule has 0 fully saturated rings. The molecule has 0 aliphatic heterocycles. The minimum atomic E-state index is 0.311. The van der Waals surface area contributed by atoms with E-state index in [1.54, 1.807) is 13.4 Å². The molecule has 0 aliphatic carbocycles. The molecule has 136 valence electrons. The zero-order valence-electron chi connectivity index (χ0n) is 14.3. The van der Waals surface area contributed by atoms with Crippen molar-refractivity contribution in [3.63, 3.8) is 0 Å². The zero-order chi connectivity index (χ0) is 18.4. The van der Waals surface area contributed by atoms with E-state index in [9.17, 15) is 0 Å². The average Bonchev–Trinajstić information content (AvgIpc) is 3.15. The first-order valence-electron chi connectivity index (χ1n) is 8.13. The molecule has 2 aromatic carbocycles. The van der Waals surface area contributed by atoms with Gasteiger partial charge in [0, 0.05) is 17.1 Å². The summed E-state index contributed by atoms with van der Waals surface area (Å²) in [7, 11) is 1.59. The Morgan fingerprint density at radius 3 is 2.58 bits per heavy atom. The van der Waals surface area contributed by atoms with Crippen LogP contribution in [-0.2, 0) is 19.7 Å². The van der Waals surface area contributed by atoms with E-state index < -0.39 is 0 Å². The highest BCUT2D eigenvalue weighted by Crippen LogP contribution is 2.37. The van der Waals surface area contributed by atoms with E-state index in [-0.39, 0.29) is 0 Å². The number of methoxy groups -OCH3 is 1. The first kappa shape index (κ1) is 18.6. The van der Waals surface area contributed by atoms with Crippen molar-refractivity contribution in [2.75, 3.05) is 7.11 Å². The van der Waals surface area contributed by atoms with Crippen molar-refractivity contribution < 1.29 is 13.9 Å². The lowest BCUT2D eigenvalue weighted by molar-refractivity contribution is 0.284. The predicted octanol–water partition coefficient (Wildman–Crippen LogP) is 5.46. The standard InChI is InChI=1S/C20H19Cl2NO3/c1-24-19-10-14(11-23-12-16-6-4-8-25-16)9-18(22)20(19)26-13-15-5-2-3-7-17(15)21/h2-10,23H,11-13H2,1H3. The molecule has 0 saturated carbocycles. The lowest BCUT2D eigenvalue weighted by atomic mass is 10.2. The molecule has 3 rings (SSSR count). The summed E-state index contributed by atoms with van der Waals surface area (Å²) < 4.78 is 16.6. The van der Waals surface area contributed by atoms with Gasteiger partial charge in [0.25, 0.3) is 0 Å². The number of hydrogen-bond donors (Lipinski definition) is 1. The number of benzene rings is 2. The van der Waals surface area contributed by atoms with E-state index in [1.165, 1.54) is 0 Å². The summed E-state index contributed by atoms with van der Waals surface area (Å²) in [4.78, 5) is 0. The average molecular weight is 392 g/mol. The third kappa shape index (κ3) is 4.73. The number of halogens is 2. The molecule has 0 spiro atoms. The van der Waals surface area contributed by atoms with Crippen LogP contribution in [0.3, 0.4) is 0 Å². The fourth-order valence-corrected chi connectivity index (χ4v) is 3.00. The molecule has 0 atom stereocenters. The molecule has 0 unspecified atom stereocenters. The minimum Gasteiger partial charge on any atom is -0.493 e. The van der Waals surface area contributed by atoms with Gasteiger partial charge < -0.3 is 19.2 Å². The van der Waals surface area contributed by atoms with Gasteiger partial charge in [-0.05, 0) is 35.9 Å². The zero-order valence-corrected chi connectivity index (χ0v) is 15.8. The van der Waals surface area contributed by atoms with E-state index in [0.717, 1.165) is 16.9 Å². The van der Waals surface area contributed by atoms with Crippen molar-refractivity contribution in [1.29, 1.82) is 0 Å². The van der Waals surface area contributed by atoms with Crippen LogP contribution in [0.2, 0.25) is 10.0 Å². The second kappa shape index (κ2) is 8.99. The number of hydrogen-bond acceptors (Lipinski definition) is 4. The maximum absolute atomic E-state index is 6.41. The predicted molar refractivity (Wildman–Crippen MR) is 103 cm³/mol. The van der Waals surface area contributed by atoms with E-state index >= 15 is 0 Å². The maximum atomic E-state index is 6.41. The number of furan rings is 1. The van der Waals surface area contributed by atoms with Crippen molar-refractivity contribution in [3.8, 4) is 11.5 Å². The third-order valence-corrected chi connectivity index (χ3v) is 4.48. The monoisotopic (exact) mass is 391 g/mol. The number of rotatable bonds is 8. The number of nitrogens with one attached hydrogen (secondary N) is 1. The Morgan fingerprint density at radius 2 is 1.85 bits per heavy atom. The Bertz CT molecular complexity index is 850. The summed E-state index contributed by atoms with van der Waals surface area (Å²) in [5.74, 6) is 1.96. The van der Waals surface area contributed by atoms with Gasteiger partial charge in [-0.1, -0.05) is 41.4 Å². The van der Waals surface area contributed by atoms with Gasteiger partial charge in [-0.3, -0.25) is 0 Å². The van der Waals surface area contributed by atoms with Gasteiger partial charge in [-0.25, -0.2) is 0 Å². The molecule has 3 aromatic rings. The van der Waals surface area contributed by atoms with Crippen LogP contribution in [0.15, 0.2) is 59.2 Å². The van der Waals surface area contributed by atoms with Crippen LogP contribution in [0.1, 0.15) is 16.9 Å². The molecule has 0 saturated heterocycles. The van der Waals surface area contributed by atoms with Gasteiger partial charge >= 0.3 is 0 Å². The van der Waals surface area contributed by atoms with Crippen molar-refractivity contribution in [2.24, 2.45) is 0 Å². The Kier molecular flexibility index (Phi) is 6.45. The summed E-state index contributed by atoms with van der Waals surface area (Å²) in [6.45, 7) is 1.57. The lowest BCUT2D eigenvalue weighted by Crippen LogP contribution is -2.12. The van der Waals surface area contributed by atoms with Gasteiger partial charge in [-0.2, -0.15) is 0 Å². The molecule has 1 heterocycles. The summed E-state index contributed by atoms with van der Waals surface area (Å²) in [6.07, 6.45) is 1.65. The highest BCUT2D eigenvalue weighted by Gasteiger charge is 2.13. The van der Waals surface area contributed by atoms with Crippen LogP contribution in [0.5, 0.6) is 11.5 Å². The summed E-state index contributed by atoms with van der Waals surface area (Å²) in [6, 6.07) is 15.1. The largest absolute Gasteiger partial charge is 0.493 e. The Balaban J connectivity index is 1.67. The van der Waals surface area contributed by atoms with E-state index in [1.807, 2.05) is 48.5 Å². The second-order valence-corrected chi connectivity index (χ2v) is 6.49. The summed E-state index contributed by atoms with van der Waals surface area (Å²) in [5.41, 5.74) is 1.87. The van der Waals surface area contributed by atoms with E-state index in [4.69, 9.17) is 37.1 Å². The molecule has 0 amide bonds. The molecular formula is C20H19Cl2NO3. The second-order valence-electron chi connectivity index (χ2n) is 5.67. The van der Waals surface area contributed by atoms with Crippen molar-refractivity contribution >= 4 is 23.2 Å². The molecule has 1 N–H and O–H groups in total. The highest BCUT2D eigenvalue weighted by atomic mass is 35.5. The minimum absolute atomic E-state index is 0.311. The van der Waals surface area contributed by atoms with E-state index in [2.05, 4.69) is 5.32 Å². The van der Waals surface area contributed by atoms with Gasteiger partial charge in [0.05, 0.1) is 24.9 Å². The first-order valence-corrected chi connectivity index (χ1v) is 8.88. The van der Waals surface area contributed by atoms with Crippen molar-refractivity contribution in [1.82, 2.24) is 5.32 Å². The Morgan fingerprint density at radius 1 is 1.00 bits per heavy atom. The summed E-state index contributed by atoms with van der Waals surface area (Å²) >= 11 is 12.6. The van der Waals surface area contributed by atoms with Crippen LogP contribution in [-0.4, -0.2) is 7.11 Å². The van der Waals surface area contributed by atoms with Gasteiger partial charge in [-0.15, -0.1) is 0 Å². The Hall–Kier alpha value is -2.14. The molecule has 26 heavy (non-hydrogen) atoms. The van der Waals surface area contributed by atoms with Crippen LogP contribution < -0.4 is 14.8 Å². The quantitative estimate of drug-likeness (QED) is 0.553. The molecule has 1 aromatic heterocycles. The highest BCUT2D eigenvalue weighted by molar-refractivity contribution is 6.32. The van der Waals surface area contributed by atoms with Crippen LogP contribution in [0.25, 0.3) is 0 Å². The summed E-state index contributed by atoms with van der Waals surface area (Å²) in [5, 5.41) is 4.45. The van der Waals surface area contributed by atoms with Crippen LogP contribution in [0, 0.1) is 0 Å². The molecule has 0 radical (unpaired) electrons. The topological polar surface area (TPSA) is 43.6 Å². The molecule has 0 bridgehead atoms. The smallest absolute Gasteiger partial charge is 0.180 e. The van der Waals surface area contributed by atoms with Crippen molar-refractivity contribution in [3.05, 3.63) is 81.7 Å². The fourth-order valence-electron chi connectivity index (χ4n) is 2.52.